The Morgan fingerprint density at radius 1 is 1.00 bits per heavy atom. The Balaban J connectivity index is 1.50. The molecule has 0 radical (unpaired) electrons. The first-order valence-corrected chi connectivity index (χ1v) is 10.5. The van der Waals surface area contributed by atoms with Crippen LogP contribution in [0.1, 0.15) is 13.8 Å². The summed E-state index contributed by atoms with van der Waals surface area (Å²) in [6.07, 6.45) is 6.91. The Morgan fingerprint density at radius 2 is 1.77 bits per heavy atom. The molecule has 5 rings (SSSR count). The molecule has 4 aromatic rings. The normalized spacial score (nSPS) is 15.6. The summed E-state index contributed by atoms with van der Waals surface area (Å²) in [6, 6.07) is 9.89. The van der Waals surface area contributed by atoms with E-state index < -0.39 is 5.60 Å². The van der Waals surface area contributed by atoms with Crippen LogP contribution in [0.3, 0.4) is 0 Å². The van der Waals surface area contributed by atoms with Crippen LogP contribution in [-0.2, 0) is 0 Å². The van der Waals surface area contributed by atoms with Gasteiger partial charge in [-0.05, 0) is 44.2 Å². The van der Waals surface area contributed by atoms with Crippen molar-refractivity contribution in [3.8, 4) is 22.5 Å². The number of fused-ring (bicyclic) bond motifs is 1. The van der Waals surface area contributed by atoms with Gasteiger partial charge >= 0.3 is 0 Å². The maximum absolute atomic E-state index is 10.1. The van der Waals surface area contributed by atoms with Crippen LogP contribution < -0.4 is 4.90 Å². The van der Waals surface area contributed by atoms with E-state index in [1.807, 2.05) is 48.7 Å². The zero-order valence-electron chi connectivity index (χ0n) is 17.8. The van der Waals surface area contributed by atoms with E-state index in [0.717, 1.165) is 60.2 Å². The number of nitrogens with zero attached hydrogens (tertiary/aromatic N) is 6. The molecule has 0 spiro atoms. The summed E-state index contributed by atoms with van der Waals surface area (Å²) in [4.78, 5) is 13.6. The summed E-state index contributed by atoms with van der Waals surface area (Å²) in [7, 11) is 0. The number of piperazine rings is 1. The van der Waals surface area contributed by atoms with E-state index >= 15 is 0 Å². The van der Waals surface area contributed by atoms with Crippen molar-refractivity contribution in [3.63, 3.8) is 0 Å². The Hall–Kier alpha value is -3.23. The SMILES string of the molecule is CC(C)(O)CN1CCN(c2ccc3nc(-c4ccoc4)c(-c4ccncc4)n3n2)CC1. The van der Waals surface area contributed by atoms with Crippen LogP contribution in [0.5, 0.6) is 0 Å². The molecule has 160 valence electrons. The van der Waals surface area contributed by atoms with E-state index in [-0.39, 0.29) is 0 Å². The minimum atomic E-state index is -0.681. The molecule has 4 aromatic heterocycles. The van der Waals surface area contributed by atoms with E-state index in [1.165, 1.54) is 0 Å². The first kappa shape index (κ1) is 19.7. The zero-order valence-corrected chi connectivity index (χ0v) is 17.8. The Kier molecular flexibility index (Phi) is 4.95. The van der Waals surface area contributed by atoms with E-state index in [2.05, 4.69) is 14.8 Å². The van der Waals surface area contributed by atoms with Crippen LogP contribution in [0.2, 0.25) is 0 Å². The molecule has 1 N–H and O–H groups in total. The molecular weight excluding hydrogens is 392 g/mol. The Morgan fingerprint density at radius 3 is 2.45 bits per heavy atom. The highest BCUT2D eigenvalue weighted by Gasteiger charge is 2.24. The average molecular weight is 419 g/mol. The number of hydrogen-bond acceptors (Lipinski definition) is 7. The maximum Gasteiger partial charge on any atom is 0.155 e. The third kappa shape index (κ3) is 4.04. The fraction of sp³-hybridized carbons (Fsp3) is 0.348. The molecule has 0 saturated carbocycles. The molecule has 0 amide bonds. The molecule has 1 aliphatic heterocycles. The van der Waals surface area contributed by atoms with Gasteiger partial charge in [-0.1, -0.05) is 0 Å². The van der Waals surface area contributed by atoms with E-state index in [4.69, 9.17) is 14.5 Å². The molecule has 1 saturated heterocycles. The number of β-amino-alcohol motifs (C(OH)–C–C–N with tert-alkyl or cyclic N) is 1. The minimum absolute atomic E-state index is 0.676. The third-order valence-corrected chi connectivity index (χ3v) is 5.52. The van der Waals surface area contributed by atoms with Gasteiger partial charge in [0.15, 0.2) is 5.65 Å². The Labute approximate surface area is 180 Å². The second-order valence-electron chi connectivity index (χ2n) is 8.59. The zero-order chi connectivity index (χ0) is 21.4. The lowest BCUT2D eigenvalue weighted by Crippen LogP contribution is -2.50. The van der Waals surface area contributed by atoms with Crippen molar-refractivity contribution in [1.82, 2.24) is 24.5 Å². The average Bonchev–Trinajstić information content (AvgIpc) is 3.41. The predicted molar refractivity (Wildman–Crippen MR) is 119 cm³/mol. The van der Waals surface area contributed by atoms with Gasteiger partial charge in [0.2, 0.25) is 0 Å². The fourth-order valence-electron chi connectivity index (χ4n) is 4.14. The van der Waals surface area contributed by atoms with Gasteiger partial charge in [-0.2, -0.15) is 0 Å². The lowest BCUT2D eigenvalue weighted by atomic mass is 10.1. The van der Waals surface area contributed by atoms with E-state index in [1.54, 1.807) is 24.9 Å². The number of pyridine rings is 1. The molecule has 0 bridgehead atoms. The lowest BCUT2D eigenvalue weighted by molar-refractivity contribution is 0.0344. The second kappa shape index (κ2) is 7.79. The molecule has 31 heavy (non-hydrogen) atoms. The molecular formula is C23H26N6O2. The first-order valence-electron chi connectivity index (χ1n) is 10.5. The van der Waals surface area contributed by atoms with Gasteiger partial charge in [-0.25, -0.2) is 9.50 Å². The third-order valence-electron chi connectivity index (χ3n) is 5.52. The van der Waals surface area contributed by atoms with Gasteiger partial charge in [0.25, 0.3) is 0 Å². The quantitative estimate of drug-likeness (QED) is 0.533. The van der Waals surface area contributed by atoms with Gasteiger partial charge in [0.1, 0.15) is 17.2 Å². The summed E-state index contributed by atoms with van der Waals surface area (Å²) in [5, 5.41) is 15.1. The molecule has 8 heteroatoms. The summed E-state index contributed by atoms with van der Waals surface area (Å²) in [5.41, 5.74) is 3.77. The highest BCUT2D eigenvalue weighted by molar-refractivity contribution is 5.81. The van der Waals surface area contributed by atoms with Crippen LogP contribution >= 0.6 is 0 Å². The van der Waals surface area contributed by atoms with Crippen molar-refractivity contribution in [2.75, 3.05) is 37.6 Å². The van der Waals surface area contributed by atoms with Crippen molar-refractivity contribution in [1.29, 1.82) is 0 Å². The summed E-state index contributed by atoms with van der Waals surface area (Å²) in [5.74, 6) is 0.918. The van der Waals surface area contributed by atoms with Crippen molar-refractivity contribution in [3.05, 3.63) is 55.3 Å². The van der Waals surface area contributed by atoms with Crippen molar-refractivity contribution in [2.45, 2.75) is 19.4 Å². The van der Waals surface area contributed by atoms with Gasteiger partial charge in [0.05, 0.1) is 18.1 Å². The Bertz CT molecular complexity index is 1160. The number of aromatic nitrogens is 4. The monoisotopic (exact) mass is 418 g/mol. The smallest absolute Gasteiger partial charge is 0.155 e. The van der Waals surface area contributed by atoms with Crippen molar-refractivity contribution in [2.24, 2.45) is 0 Å². The number of anilines is 1. The molecule has 0 unspecified atom stereocenters. The molecule has 8 nitrogen and oxygen atoms in total. The van der Waals surface area contributed by atoms with Crippen LogP contribution in [0.4, 0.5) is 5.82 Å². The molecule has 5 heterocycles. The predicted octanol–water partition coefficient (Wildman–Crippen LogP) is 2.94. The summed E-state index contributed by atoms with van der Waals surface area (Å²) >= 11 is 0. The van der Waals surface area contributed by atoms with Crippen molar-refractivity contribution >= 4 is 11.5 Å². The van der Waals surface area contributed by atoms with Gasteiger partial charge < -0.3 is 14.4 Å². The fourth-order valence-corrected chi connectivity index (χ4v) is 4.14. The number of furan rings is 1. The second-order valence-corrected chi connectivity index (χ2v) is 8.59. The highest BCUT2D eigenvalue weighted by atomic mass is 16.3. The van der Waals surface area contributed by atoms with E-state index in [9.17, 15) is 5.11 Å². The number of imidazole rings is 1. The maximum atomic E-state index is 10.1. The number of hydrogen-bond donors (Lipinski definition) is 1. The lowest BCUT2D eigenvalue weighted by Gasteiger charge is -2.37. The highest BCUT2D eigenvalue weighted by Crippen LogP contribution is 2.33. The van der Waals surface area contributed by atoms with Gasteiger partial charge in [-0.15, -0.1) is 5.10 Å². The van der Waals surface area contributed by atoms with Gasteiger partial charge in [0, 0.05) is 56.2 Å². The van der Waals surface area contributed by atoms with Crippen molar-refractivity contribution < 1.29 is 9.52 Å². The largest absolute Gasteiger partial charge is 0.472 e. The summed E-state index contributed by atoms with van der Waals surface area (Å²) in [6.45, 7) is 7.90. The number of rotatable bonds is 5. The standard InChI is InChI=1S/C23H26N6O2/c1-23(2,30)16-27-10-12-28(13-11-27)20-4-3-19-25-21(18-7-14-31-15-18)22(29(19)26-20)17-5-8-24-9-6-17/h3-9,14-15,30H,10-13,16H2,1-2H3. The van der Waals surface area contributed by atoms with Crippen LogP contribution in [0.15, 0.2) is 59.7 Å². The molecule has 1 fully saturated rings. The molecule has 0 aliphatic carbocycles. The van der Waals surface area contributed by atoms with Crippen LogP contribution in [-0.4, -0.2) is 67.9 Å². The van der Waals surface area contributed by atoms with Crippen LogP contribution in [0, 0.1) is 0 Å². The molecule has 1 aliphatic rings. The van der Waals surface area contributed by atoms with Gasteiger partial charge in [-0.3, -0.25) is 9.88 Å². The summed E-state index contributed by atoms with van der Waals surface area (Å²) < 4.78 is 7.22. The molecule has 0 aromatic carbocycles. The van der Waals surface area contributed by atoms with Crippen LogP contribution in [0.25, 0.3) is 28.2 Å². The number of aliphatic hydroxyl groups is 1. The topological polar surface area (TPSA) is 82.9 Å². The first-order chi connectivity index (χ1) is 15.0. The van der Waals surface area contributed by atoms with E-state index in [0.29, 0.717) is 6.54 Å². The minimum Gasteiger partial charge on any atom is -0.472 e. The molecule has 0 atom stereocenters.